The summed E-state index contributed by atoms with van der Waals surface area (Å²) in [6.07, 6.45) is 0. The van der Waals surface area contributed by atoms with Gasteiger partial charge < -0.3 is 14.7 Å². The number of hydrogen-bond acceptors (Lipinski definition) is 3. The molecule has 2 aromatic carbocycles. The van der Waals surface area contributed by atoms with E-state index in [1.54, 1.807) is 13.2 Å². The molecule has 0 fully saturated rings. The second kappa shape index (κ2) is 5.65. The zero-order chi connectivity index (χ0) is 13.8. The Labute approximate surface area is 114 Å². The Morgan fingerprint density at radius 3 is 2.58 bits per heavy atom. The van der Waals surface area contributed by atoms with E-state index in [0.29, 0.717) is 12.3 Å². The molecular formula is C16H19NO2. The van der Waals surface area contributed by atoms with E-state index in [2.05, 4.69) is 30.0 Å². The van der Waals surface area contributed by atoms with Gasteiger partial charge in [0.2, 0.25) is 0 Å². The maximum absolute atomic E-state index is 9.97. The van der Waals surface area contributed by atoms with E-state index >= 15 is 0 Å². The lowest BCUT2D eigenvalue weighted by Gasteiger charge is -2.20. The monoisotopic (exact) mass is 257 g/mol. The maximum atomic E-state index is 9.97. The number of nitrogens with zero attached hydrogens (tertiary/aromatic N) is 1. The highest BCUT2D eigenvalue weighted by Crippen LogP contribution is 2.26. The Balaban J connectivity index is 2.17. The summed E-state index contributed by atoms with van der Waals surface area (Å²) in [6.45, 7) is 2.72. The fourth-order valence-corrected chi connectivity index (χ4v) is 2.02. The minimum absolute atomic E-state index is 0.263. The van der Waals surface area contributed by atoms with Gasteiger partial charge in [-0.3, -0.25) is 0 Å². The van der Waals surface area contributed by atoms with Crippen LogP contribution in [0.1, 0.15) is 11.1 Å². The average Bonchev–Trinajstić information content (AvgIpc) is 2.41. The zero-order valence-corrected chi connectivity index (χ0v) is 11.6. The van der Waals surface area contributed by atoms with Gasteiger partial charge in [0, 0.05) is 30.9 Å². The van der Waals surface area contributed by atoms with Crippen molar-refractivity contribution in [1.82, 2.24) is 0 Å². The Morgan fingerprint density at radius 1 is 1.16 bits per heavy atom. The number of ether oxygens (including phenoxy) is 1. The normalized spacial score (nSPS) is 10.3. The van der Waals surface area contributed by atoms with Crippen LogP contribution in [0.15, 0.2) is 42.5 Å². The Morgan fingerprint density at radius 2 is 1.95 bits per heavy atom. The predicted octanol–water partition coefficient (Wildman–Crippen LogP) is 3.35. The first kappa shape index (κ1) is 13.3. The van der Waals surface area contributed by atoms with Gasteiger partial charge in [-0.15, -0.1) is 0 Å². The predicted molar refractivity (Wildman–Crippen MR) is 77.9 cm³/mol. The van der Waals surface area contributed by atoms with Crippen LogP contribution in [0.4, 0.5) is 5.69 Å². The summed E-state index contributed by atoms with van der Waals surface area (Å²) in [4.78, 5) is 2.11. The van der Waals surface area contributed by atoms with Crippen molar-refractivity contribution in [2.45, 2.75) is 13.5 Å². The molecule has 3 heteroatoms. The van der Waals surface area contributed by atoms with Crippen molar-refractivity contribution in [2.24, 2.45) is 0 Å². The maximum Gasteiger partial charge on any atom is 0.124 e. The smallest absolute Gasteiger partial charge is 0.124 e. The minimum Gasteiger partial charge on any atom is -0.507 e. The number of methoxy groups -OCH3 is 1. The van der Waals surface area contributed by atoms with Gasteiger partial charge in [0.15, 0.2) is 0 Å². The van der Waals surface area contributed by atoms with Crippen molar-refractivity contribution in [3.63, 3.8) is 0 Å². The minimum atomic E-state index is 0.263. The molecule has 1 N–H and O–H groups in total. The SMILES string of the molecule is COc1ccc(CN(C)c2cccc(C)c2)c(O)c1. The number of hydrogen-bond donors (Lipinski definition) is 1. The van der Waals surface area contributed by atoms with Crippen molar-refractivity contribution >= 4 is 5.69 Å². The summed E-state index contributed by atoms with van der Waals surface area (Å²) in [6, 6.07) is 13.7. The van der Waals surface area contributed by atoms with Crippen molar-refractivity contribution in [1.29, 1.82) is 0 Å². The van der Waals surface area contributed by atoms with Crippen molar-refractivity contribution < 1.29 is 9.84 Å². The van der Waals surface area contributed by atoms with E-state index < -0.39 is 0 Å². The Bertz CT molecular complexity index is 566. The third kappa shape index (κ3) is 3.19. The Kier molecular flexibility index (Phi) is 3.95. The van der Waals surface area contributed by atoms with Crippen LogP contribution in [0.5, 0.6) is 11.5 Å². The molecule has 0 saturated carbocycles. The molecule has 0 spiro atoms. The molecule has 0 bridgehead atoms. The fraction of sp³-hybridized carbons (Fsp3) is 0.250. The van der Waals surface area contributed by atoms with Crippen LogP contribution in [0, 0.1) is 6.92 Å². The first-order valence-electron chi connectivity index (χ1n) is 6.24. The Hall–Kier alpha value is -2.16. The molecule has 0 saturated heterocycles. The van der Waals surface area contributed by atoms with E-state index in [1.807, 2.05) is 25.2 Å². The first-order chi connectivity index (χ1) is 9.10. The molecule has 19 heavy (non-hydrogen) atoms. The second-order valence-electron chi connectivity index (χ2n) is 4.69. The molecule has 0 atom stereocenters. The number of aromatic hydroxyl groups is 1. The van der Waals surface area contributed by atoms with Gasteiger partial charge in [0.25, 0.3) is 0 Å². The van der Waals surface area contributed by atoms with Gasteiger partial charge in [-0.05, 0) is 36.8 Å². The largest absolute Gasteiger partial charge is 0.507 e. The van der Waals surface area contributed by atoms with E-state index in [4.69, 9.17) is 4.74 Å². The summed E-state index contributed by atoms with van der Waals surface area (Å²) in [5.41, 5.74) is 3.24. The second-order valence-corrected chi connectivity index (χ2v) is 4.69. The van der Waals surface area contributed by atoms with Crippen LogP contribution in [0.2, 0.25) is 0 Å². The van der Waals surface area contributed by atoms with Gasteiger partial charge >= 0.3 is 0 Å². The molecule has 0 aliphatic carbocycles. The van der Waals surface area contributed by atoms with Crippen LogP contribution >= 0.6 is 0 Å². The van der Waals surface area contributed by atoms with E-state index in [-0.39, 0.29) is 5.75 Å². The van der Waals surface area contributed by atoms with Gasteiger partial charge in [0.1, 0.15) is 11.5 Å². The highest BCUT2D eigenvalue weighted by Gasteiger charge is 2.07. The number of rotatable bonds is 4. The van der Waals surface area contributed by atoms with Gasteiger partial charge in [-0.1, -0.05) is 12.1 Å². The van der Waals surface area contributed by atoms with Crippen LogP contribution < -0.4 is 9.64 Å². The number of benzene rings is 2. The number of aryl methyl sites for hydroxylation is 1. The fourth-order valence-electron chi connectivity index (χ4n) is 2.02. The molecule has 2 rings (SSSR count). The molecule has 2 aromatic rings. The lowest BCUT2D eigenvalue weighted by Crippen LogP contribution is -2.16. The van der Waals surface area contributed by atoms with Gasteiger partial charge in [0.05, 0.1) is 7.11 Å². The van der Waals surface area contributed by atoms with Crippen molar-refractivity contribution in [2.75, 3.05) is 19.1 Å². The summed E-state index contributed by atoms with van der Waals surface area (Å²) < 4.78 is 5.08. The zero-order valence-electron chi connectivity index (χ0n) is 11.6. The lowest BCUT2D eigenvalue weighted by atomic mass is 10.1. The highest BCUT2D eigenvalue weighted by atomic mass is 16.5. The molecule has 3 nitrogen and oxygen atoms in total. The van der Waals surface area contributed by atoms with E-state index in [0.717, 1.165) is 11.3 Å². The summed E-state index contributed by atoms with van der Waals surface area (Å²) in [5.74, 6) is 0.929. The van der Waals surface area contributed by atoms with Gasteiger partial charge in [-0.25, -0.2) is 0 Å². The third-order valence-corrected chi connectivity index (χ3v) is 3.14. The molecule has 0 unspecified atom stereocenters. The number of phenols is 1. The molecule has 100 valence electrons. The molecule has 0 aromatic heterocycles. The quantitative estimate of drug-likeness (QED) is 0.911. The van der Waals surface area contributed by atoms with Gasteiger partial charge in [-0.2, -0.15) is 0 Å². The standard InChI is InChI=1S/C16H19NO2/c1-12-5-4-6-14(9-12)17(2)11-13-7-8-15(19-3)10-16(13)18/h4-10,18H,11H2,1-3H3. The van der Waals surface area contributed by atoms with Crippen molar-refractivity contribution in [3.05, 3.63) is 53.6 Å². The van der Waals surface area contributed by atoms with E-state index in [9.17, 15) is 5.11 Å². The summed E-state index contributed by atoms with van der Waals surface area (Å²) in [5, 5.41) is 9.97. The summed E-state index contributed by atoms with van der Waals surface area (Å²) in [7, 11) is 3.60. The third-order valence-electron chi connectivity index (χ3n) is 3.14. The van der Waals surface area contributed by atoms with Crippen LogP contribution in [0.25, 0.3) is 0 Å². The van der Waals surface area contributed by atoms with Crippen molar-refractivity contribution in [3.8, 4) is 11.5 Å². The van der Waals surface area contributed by atoms with E-state index in [1.165, 1.54) is 5.56 Å². The summed E-state index contributed by atoms with van der Waals surface area (Å²) >= 11 is 0. The highest BCUT2D eigenvalue weighted by molar-refractivity contribution is 5.50. The molecule has 0 radical (unpaired) electrons. The lowest BCUT2D eigenvalue weighted by molar-refractivity contribution is 0.406. The topological polar surface area (TPSA) is 32.7 Å². The van der Waals surface area contributed by atoms with Crippen LogP contribution in [-0.2, 0) is 6.54 Å². The molecule has 0 amide bonds. The van der Waals surface area contributed by atoms with Crippen LogP contribution in [0.3, 0.4) is 0 Å². The molecule has 0 aliphatic rings. The van der Waals surface area contributed by atoms with Crippen LogP contribution in [-0.4, -0.2) is 19.3 Å². The number of phenolic OH excluding ortho intramolecular Hbond substituents is 1. The molecular weight excluding hydrogens is 238 g/mol. The number of anilines is 1. The average molecular weight is 257 g/mol. The first-order valence-corrected chi connectivity index (χ1v) is 6.24. The molecule has 0 heterocycles. The molecule has 0 aliphatic heterocycles.